The third kappa shape index (κ3) is 7.14. The highest BCUT2D eigenvalue weighted by Gasteiger charge is 2.54. The molecule has 1 heterocycles. The normalized spacial score (nSPS) is 18.6. The minimum Gasteiger partial charge on any atom is -0.497 e. The molecule has 1 aliphatic heterocycles. The maximum absolute atomic E-state index is 14.0. The first-order valence-corrected chi connectivity index (χ1v) is 13.1. The van der Waals surface area contributed by atoms with E-state index in [1.807, 2.05) is 29.2 Å². The first kappa shape index (κ1) is 30.9. The zero-order chi connectivity index (χ0) is 27.5. The lowest BCUT2D eigenvalue weighted by Crippen LogP contribution is -2.44. The molecule has 1 aliphatic carbocycles. The maximum Gasteiger partial charge on any atom is 0.421 e. The third-order valence-corrected chi connectivity index (χ3v) is 7.98. The predicted molar refractivity (Wildman–Crippen MR) is 148 cm³/mol. The van der Waals surface area contributed by atoms with Gasteiger partial charge in [0.05, 0.1) is 20.1 Å². The van der Waals surface area contributed by atoms with E-state index in [4.69, 9.17) is 14.2 Å². The number of alkyl halides is 3. The summed E-state index contributed by atoms with van der Waals surface area (Å²) in [5, 5.41) is 9.31. The van der Waals surface area contributed by atoms with E-state index in [2.05, 4.69) is 0 Å². The van der Waals surface area contributed by atoms with E-state index in [9.17, 15) is 23.1 Å². The smallest absolute Gasteiger partial charge is 0.421 e. The fourth-order valence-corrected chi connectivity index (χ4v) is 5.31. The van der Waals surface area contributed by atoms with Crippen molar-refractivity contribution in [1.82, 2.24) is 0 Å². The summed E-state index contributed by atoms with van der Waals surface area (Å²) >= 11 is 0. The summed E-state index contributed by atoms with van der Waals surface area (Å²) in [4.78, 5) is 13.3. The van der Waals surface area contributed by atoms with Gasteiger partial charge in [-0.3, -0.25) is 4.79 Å². The van der Waals surface area contributed by atoms with Gasteiger partial charge in [-0.15, -0.1) is 0 Å². The van der Waals surface area contributed by atoms with Crippen LogP contribution < -0.4 is 14.4 Å². The van der Waals surface area contributed by atoms with E-state index in [1.54, 1.807) is 6.07 Å². The Balaban J connectivity index is 0.00000420. The SMILES string of the molecule is COc1ccc(C(C)(OC)C(F)(F)F)c(N2CCC(COc3cccc([C@@H](CC(=O)O)C4CC4)c3)CC2)c1.S. The predicted octanol–water partition coefficient (Wildman–Crippen LogP) is 6.50. The molecule has 2 aliphatic rings. The van der Waals surface area contributed by atoms with E-state index < -0.39 is 17.7 Å². The zero-order valence-corrected chi connectivity index (χ0v) is 23.6. The number of aliphatic carboxylic acids is 1. The van der Waals surface area contributed by atoms with Crippen molar-refractivity contribution in [3.63, 3.8) is 0 Å². The zero-order valence-electron chi connectivity index (χ0n) is 22.6. The molecule has 0 aromatic heterocycles. The van der Waals surface area contributed by atoms with E-state index in [-0.39, 0.29) is 37.3 Å². The number of benzene rings is 2. The molecule has 1 unspecified atom stereocenters. The molecule has 0 radical (unpaired) electrons. The number of rotatable bonds is 11. The Morgan fingerprint density at radius 2 is 1.74 bits per heavy atom. The summed E-state index contributed by atoms with van der Waals surface area (Å²) in [5.74, 6) is 1.09. The van der Waals surface area contributed by atoms with Gasteiger partial charge in [0, 0.05) is 37.5 Å². The van der Waals surface area contributed by atoms with Crippen molar-refractivity contribution in [1.29, 1.82) is 0 Å². The van der Waals surface area contributed by atoms with Gasteiger partial charge in [-0.1, -0.05) is 18.2 Å². The number of carboxylic acid groups (broad SMARTS) is 1. The minimum atomic E-state index is -4.59. The van der Waals surface area contributed by atoms with E-state index in [0.717, 1.165) is 51.0 Å². The van der Waals surface area contributed by atoms with Crippen LogP contribution in [0.2, 0.25) is 0 Å². The first-order chi connectivity index (χ1) is 18.1. The molecule has 10 heteroatoms. The van der Waals surface area contributed by atoms with Gasteiger partial charge < -0.3 is 24.2 Å². The average molecular weight is 570 g/mol. The van der Waals surface area contributed by atoms with Crippen LogP contribution in [0.3, 0.4) is 0 Å². The number of methoxy groups -OCH3 is 2. The number of carbonyl (C=O) groups is 1. The standard InChI is InChI=1S/C29H36F3NO5.H2S/c1-28(37-3,29(30,31)32)25-10-9-22(36-2)16-26(25)33-13-11-19(12-14-33)18-38-23-6-4-5-21(15-23)24(17-27(34)35)20-7-8-20;/h4-6,9-10,15-16,19-20,24H,7-8,11-14,17-18H2,1-3H3,(H,34,35);1H2/t24-,28?;/m0./s1. The van der Waals surface area contributed by atoms with E-state index in [0.29, 0.717) is 37.1 Å². The maximum atomic E-state index is 14.0. The lowest BCUT2D eigenvalue weighted by Gasteiger charge is -2.39. The highest BCUT2D eigenvalue weighted by Crippen LogP contribution is 2.47. The van der Waals surface area contributed by atoms with Gasteiger partial charge >= 0.3 is 12.1 Å². The van der Waals surface area contributed by atoms with Crippen molar-refractivity contribution in [3.8, 4) is 11.5 Å². The molecule has 0 bridgehead atoms. The number of halogens is 3. The van der Waals surface area contributed by atoms with Gasteiger partial charge in [0.1, 0.15) is 11.5 Å². The lowest BCUT2D eigenvalue weighted by molar-refractivity contribution is -0.268. The minimum absolute atomic E-state index is 0. The van der Waals surface area contributed by atoms with Crippen molar-refractivity contribution in [2.75, 3.05) is 38.8 Å². The van der Waals surface area contributed by atoms with Gasteiger partial charge in [-0.2, -0.15) is 26.7 Å². The number of nitrogens with zero attached hydrogens (tertiary/aromatic N) is 1. The van der Waals surface area contributed by atoms with Crippen molar-refractivity contribution >= 4 is 25.2 Å². The van der Waals surface area contributed by atoms with Crippen LogP contribution in [0.25, 0.3) is 0 Å². The second kappa shape index (κ2) is 12.7. The highest BCUT2D eigenvalue weighted by molar-refractivity contribution is 7.59. The average Bonchev–Trinajstić information content (AvgIpc) is 3.75. The molecule has 6 nitrogen and oxygen atoms in total. The van der Waals surface area contributed by atoms with Crippen LogP contribution in [-0.4, -0.2) is 51.2 Å². The molecule has 1 N–H and O–H groups in total. The molecule has 0 amide bonds. The van der Waals surface area contributed by atoms with Crippen molar-refractivity contribution in [3.05, 3.63) is 53.6 Å². The molecule has 216 valence electrons. The molecule has 2 aromatic carbocycles. The molecule has 2 aromatic rings. The molecule has 2 fully saturated rings. The number of hydrogen-bond donors (Lipinski definition) is 1. The van der Waals surface area contributed by atoms with Crippen LogP contribution >= 0.6 is 13.5 Å². The summed E-state index contributed by atoms with van der Waals surface area (Å²) < 4.78 is 58.5. The Bertz CT molecular complexity index is 1120. The molecular formula is C29H38F3NO5S. The molecule has 1 saturated heterocycles. The van der Waals surface area contributed by atoms with Crippen LogP contribution in [0.1, 0.15) is 56.1 Å². The number of anilines is 1. The lowest BCUT2D eigenvalue weighted by atomic mass is 9.90. The van der Waals surface area contributed by atoms with E-state index >= 15 is 0 Å². The quantitative estimate of drug-likeness (QED) is 0.334. The molecule has 4 rings (SSSR count). The molecular weight excluding hydrogens is 531 g/mol. The Kier molecular flexibility index (Phi) is 10.1. The number of hydrogen-bond acceptors (Lipinski definition) is 5. The van der Waals surface area contributed by atoms with Gasteiger partial charge in [-0.25, -0.2) is 0 Å². The van der Waals surface area contributed by atoms with Gasteiger partial charge in [0.25, 0.3) is 0 Å². The van der Waals surface area contributed by atoms with Crippen molar-refractivity contribution in [2.45, 2.75) is 56.7 Å². The summed E-state index contributed by atoms with van der Waals surface area (Å²) in [7, 11) is 2.57. The van der Waals surface area contributed by atoms with Crippen LogP contribution in [0.4, 0.5) is 18.9 Å². The second-order valence-electron chi connectivity index (χ2n) is 10.5. The number of carboxylic acids is 1. The molecule has 2 atom stereocenters. The van der Waals surface area contributed by atoms with Crippen LogP contribution in [0.5, 0.6) is 11.5 Å². The largest absolute Gasteiger partial charge is 0.497 e. The number of ether oxygens (including phenoxy) is 3. The summed E-state index contributed by atoms with van der Waals surface area (Å²) in [6.45, 7) is 2.70. The number of piperidine rings is 1. The van der Waals surface area contributed by atoms with E-state index in [1.165, 1.54) is 19.2 Å². The molecule has 39 heavy (non-hydrogen) atoms. The first-order valence-electron chi connectivity index (χ1n) is 13.1. The molecule has 0 spiro atoms. The van der Waals surface area contributed by atoms with Gasteiger partial charge in [-0.05, 0) is 74.1 Å². The Hall–Kier alpha value is -2.59. The monoisotopic (exact) mass is 569 g/mol. The fraction of sp³-hybridized carbons (Fsp3) is 0.552. The topological polar surface area (TPSA) is 68.2 Å². The van der Waals surface area contributed by atoms with Crippen LogP contribution in [0, 0.1) is 11.8 Å². The van der Waals surface area contributed by atoms with Gasteiger partial charge in [0.15, 0.2) is 5.60 Å². The summed E-state index contributed by atoms with van der Waals surface area (Å²) in [6.07, 6.45) is -0.832. The van der Waals surface area contributed by atoms with Crippen molar-refractivity contribution < 1.29 is 37.3 Å². The summed E-state index contributed by atoms with van der Waals surface area (Å²) in [6, 6.07) is 12.3. The Morgan fingerprint density at radius 1 is 1.05 bits per heavy atom. The third-order valence-electron chi connectivity index (χ3n) is 7.98. The van der Waals surface area contributed by atoms with Crippen LogP contribution in [-0.2, 0) is 15.1 Å². The fourth-order valence-electron chi connectivity index (χ4n) is 5.31. The summed E-state index contributed by atoms with van der Waals surface area (Å²) in [5.41, 5.74) is -0.925. The van der Waals surface area contributed by atoms with Crippen LogP contribution in [0.15, 0.2) is 42.5 Å². The Morgan fingerprint density at radius 3 is 2.31 bits per heavy atom. The van der Waals surface area contributed by atoms with Gasteiger partial charge in [0.2, 0.25) is 0 Å². The molecule has 1 saturated carbocycles. The second-order valence-corrected chi connectivity index (χ2v) is 10.5. The highest BCUT2D eigenvalue weighted by atomic mass is 32.1. The Labute approximate surface area is 234 Å². The van der Waals surface area contributed by atoms with Crippen molar-refractivity contribution in [2.24, 2.45) is 11.8 Å².